The molecule has 0 aromatic heterocycles. The second kappa shape index (κ2) is 7.36. The lowest BCUT2D eigenvalue weighted by molar-refractivity contribution is 0.212. The van der Waals surface area contributed by atoms with E-state index in [1.807, 2.05) is 6.20 Å². The van der Waals surface area contributed by atoms with Gasteiger partial charge in [-0.1, -0.05) is 31.6 Å². The highest BCUT2D eigenvalue weighted by molar-refractivity contribution is 5.97. The highest BCUT2D eigenvalue weighted by Crippen LogP contribution is 2.15. The number of aliphatic imine (C=N–C) groups is 2. The molecular formula is C17H26N4. The summed E-state index contributed by atoms with van der Waals surface area (Å²) in [5.41, 5.74) is 2.36. The van der Waals surface area contributed by atoms with Crippen LogP contribution < -0.4 is 5.32 Å². The number of piperazine rings is 1. The maximum atomic E-state index is 4.56. The Morgan fingerprint density at radius 1 is 1.48 bits per heavy atom. The van der Waals surface area contributed by atoms with Gasteiger partial charge in [0.15, 0.2) is 0 Å². The molecule has 2 aliphatic rings. The van der Waals surface area contributed by atoms with Gasteiger partial charge in [-0.05, 0) is 25.6 Å². The summed E-state index contributed by atoms with van der Waals surface area (Å²) in [6, 6.07) is 0.497. The molecule has 21 heavy (non-hydrogen) atoms. The van der Waals surface area contributed by atoms with E-state index in [4.69, 9.17) is 0 Å². The number of hydrogen-bond donors (Lipinski definition) is 1. The van der Waals surface area contributed by atoms with Crippen molar-refractivity contribution in [3.05, 3.63) is 35.8 Å². The number of hydrogen-bond acceptors (Lipinski definition) is 4. The van der Waals surface area contributed by atoms with Gasteiger partial charge in [0, 0.05) is 37.8 Å². The summed E-state index contributed by atoms with van der Waals surface area (Å²) in [5, 5.41) is 3.55. The van der Waals surface area contributed by atoms with Gasteiger partial charge in [0.1, 0.15) is 5.82 Å². The Morgan fingerprint density at radius 2 is 2.29 bits per heavy atom. The van der Waals surface area contributed by atoms with Crippen LogP contribution in [0.25, 0.3) is 0 Å². The van der Waals surface area contributed by atoms with Gasteiger partial charge in [0.05, 0.1) is 6.20 Å². The number of nitrogens with zero attached hydrogens (tertiary/aromatic N) is 3. The molecule has 1 N–H and O–H groups in total. The van der Waals surface area contributed by atoms with Crippen LogP contribution in [-0.2, 0) is 0 Å². The van der Waals surface area contributed by atoms with Gasteiger partial charge in [-0.3, -0.25) is 4.99 Å². The minimum Gasteiger partial charge on any atom is -0.353 e. The van der Waals surface area contributed by atoms with E-state index in [9.17, 15) is 0 Å². The van der Waals surface area contributed by atoms with Crippen LogP contribution in [0.1, 0.15) is 27.2 Å². The average molecular weight is 286 g/mol. The summed E-state index contributed by atoms with van der Waals surface area (Å²) >= 11 is 0. The Balaban J connectivity index is 2.05. The SMILES string of the molecule is C=N/C(=C\N=C1C=CC(C)=CC1)N1CCNC(C(C)C)C1. The zero-order valence-corrected chi connectivity index (χ0v) is 13.3. The lowest BCUT2D eigenvalue weighted by Crippen LogP contribution is -2.52. The topological polar surface area (TPSA) is 40.0 Å². The lowest BCUT2D eigenvalue weighted by atomic mass is 10.0. The van der Waals surface area contributed by atoms with Crippen molar-refractivity contribution in [1.29, 1.82) is 0 Å². The Bertz CT molecular complexity index is 497. The molecule has 1 fully saturated rings. The monoisotopic (exact) mass is 286 g/mol. The zero-order valence-electron chi connectivity index (χ0n) is 13.3. The third-order valence-electron chi connectivity index (χ3n) is 4.01. The molecule has 1 unspecified atom stereocenters. The first kappa shape index (κ1) is 15.7. The molecule has 0 bridgehead atoms. The zero-order chi connectivity index (χ0) is 15.2. The smallest absolute Gasteiger partial charge is 0.146 e. The molecule has 114 valence electrons. The number of rotatable bonds is 4. The van der Waals surface area contributed by atoms with Crippen LogP contribution >= 0.6 is 0 Å². The average Bonchev–Trinajstić information content (AvgIpc) is 2.50. The van der Waals surface area contributed by atoms with Crippen LogP contribution in [0.4, 0.5) is 0 Å². The lowest BCUT2D eigenvalue weighted by Gasteiger charge is -2.36. The molecule has 4 nitrogen and oxygen atoms in total. The van der Waals surface area contributed by atoms with Crippen molar-refractivity contribution in [3.8, 4) is 0 Å². The molecule has 1 saturated heterocycles. The van der Waals surface area contributed by atoms with E-state index in [0.29, 0.717) is 12.0 Å². The van der Waals surface area contributed by atoms with Crippen LogP contribution in [0.3, 0.4) is 0 Å². The van der Waals surface area contributed by atoms with E-state index >= 15 is 0 Å². The van der Waals surface area contributed by atoms with Gasteiger partial charge in [0.25, 0.3) is 0 Å². The molecule has 0 aromatic rings. The molecule has 0 saturated carbocycles. The van der Waals surface area contributed by atoms with Crippen molar-refractivity contribution >= 4 is 12.4 Å². The molecule has 0 spiro atoms. The van der Waals surface area contributed by atoms with Crippen molar-refractivity contribution in [2.75, 3.05) is 19.6 Å². The summed E-state index contributed by atoms with van der Waals surface area (Å²) in [6.45, 7) is 13.2. The maximum absolute atomic E-state index is 4.56. The summed E-state index contributed by atoms with van der Waals surface area (Å²) in [4.78, 5) is 11.0. The quantitative estimate of drug-likeness (QED) is 0.807. The first-order valence-electron chi connectivity index (χ1n) is 7.67. The number of allylic oxidation sites excluding steroid dienone is 4. The van der Waals surface area contributed by atoms with E-state index < -0.39 is 0 Å². The van der Waals surface area contributed by atoms with Gasteiger partial charge in [-0.25, -0.2) is 4.99 Å². The van der Waals surface area contributed by atoms with Crippen molar-refractivity contribution in [3.63, 3.8) is 0 Å². The highest BCUT2D eigenvalue weighted by Gasteiger charge is 2.22. The molecule has 1 aliphatic heterocycles. The Hall–Kier alpha value is -1.68. The fourth-order valence-electron chi connectivity index (χ4n) is 2.52. The van der Waals surface area contributed by atoms with Crippen molar-refractivity contribution in [2.24, 2.45) is 15.9 Å². The van der Waals surface area contributed by atoms with E-state index in [1.165, 1.54) is 5.57 Å². The number of nitrogens with one attached hydrogen (secondary N) is 1. The van der Waals surface area contributed by atoms with Gasteiger partial charge >= 0.3 is 0 Å². The Labute approximate surface area is 128 Å². The highest BCUT2D eigenvalue weighted by atomic mass is 15.3. The minimum absolute atomic E-state index is 0.497. The largest absolute Gasteiger partial charge is 0.353 e. The predicted octanol–water partition coefficient (Wildman–Crippen LogP) is 2.76. The van der Waals surface area contributed by atoms with E-state index in [2.05, 4.69) is 65.9 Å². The minimum atomic E-state index is 0.497. The van der Waals surface area contributed by atoms with Crippen molar-refractivity contribution in [2.45, 2.75) is 33.2 Å². The molecule has 1 atom stereocenters. The van der Waals surface area contributed by atoms with Gasteiger partial charge in [0.2, 0.25) is 0 Å². The van der Waals surface area contributed by atoms with Gasteiger partial charge in [-0.2, -0.15) is 0 Å². The summed E-state index contributed by atoms with van der Waals surface area (Å²) in [6.07, 6.45) is 9.09. The molecule has 0 aromatic carbocycles. The molecule has 2 rings (SSSR count). The Kier molecular flexibility index (Phi) is 5.51. The molecule has 1 aliphatic carbocycles. The summed E-state index contributed by atoms with van der Waals surface area (Å²) in [5.74, 6) is 1.48. The molecule has 1 heterocycles. The van der Waals surface area contributed by atoms with Crippen LogP contribution in [-0.4, -0.2) is 43.0 Å². The van der Waals surface area contributed by atoms with Crippen LogP contribution in [0.5, 0.6) is 0 Å². The fourth-order valence-corrected chi connectivity index (χ4v) is 2.52. The second-order valence-electron chi connectivity index (χ2n) is 6.00. The standard InChI is InChI=1S/C17H26N4/c1-13(2)16-12-21(10-9-19-16)17(18-4)11-20-15-7-5-14(3)6-8-15/h5-7,11,13,16,19H,4,8-10,12H2,1-3H3/b17-11+,20-15?. The molecule has 4 heteroatoms. The third-order valence-corrected chi connectivity index (χ3v) is 4.01. The van der Waals surface area contributed by atoms with Crippen LogP contribution in [0.15, 0.2) is 45.8 Å². The van der Waals surface area contributed by atoms with Gasteiger partial charge in [-0.15, -0.1) is 0 Å². The normalized spacial score (nSPS) is 25.4. The van der Waals surface area contributed by atoms with Crippen LogP contribution in [0, 0.1) is 5.92 Å². The summed E-state index contributed by atoms with van der Waals surface area (Å²) in [7, 11) is 0. The van der Waals surface area contributed by atoms with Gasteiger partial charge < -0.3 is 10.2 Å². The third kappa shape index (κ3) is 4.39. The molecule has 0 amide bonds. The van der Waals surface area contributed by atoms with E-state index in [1.54, 1.807) is 0 Å². The first-order chi connectivity index (χ1) is 10.1. The first-order valence-corrected chi connectivity index (χ1v) is 7.67. The van der Waals surface area contributed by atoms with E-state index in [-0.39, 0.29) is 0 Å². The Morgan fingerprint density at radius 3 is 2.90 bits per heavy atom. The maximum Gasteiger partial charge on any atom is 0.146 e. The van der Waals surface area contributed by atoms with E-state index in [0.717, 1.165) is 37.6 Å². The fraction of sp³-hybridized carbons (Fsp3) is 0.529. The summed E-state index contributed by atoms with van der Waals surface area (Å²) < 4.78 is 0. The van der Waals surface area contributed by atoms with Crippen molar-refractivity contribution in [1.82, 2.24) is 10.2 Å². The molecule has 0 radical (unpaired) electrons. The van der Waals surface area contributed by atoms with Crippen LogP contribution in [0.2, 0.25) is 0 Å². The molecular weight excluding hydrogens is 260 g/mol. The van der Waals surface area contributed by atoms with Crippen molar-refractivity contribution < 1.29 is 0 Å². The predicted molar refractivity (Wildman–Crippen MR) is 90.8 cm³/mol. The second-order valence-corrected chi connectivity index (χ2v) is 6.00.